The molecule has 5 nitrogen and oxygen atoms in total. The van der Waals surface area contributed by atoms with Gasteiger partial charge in [-0.1, -0.05) is 36.4 Å². The Labute approximate surface area is 159 Å². The second kappa shape index (κ2) is 9.46. The van der Waals surface area contributed by atoms with Crippen LogP contribution < -0.4 is 9.47 Å². The second-order valence-electron chi connectivity index (χ2n) is 6.10. The fourth-order valence-corrected chi connectivity index (χ4v) is 2.97. The van der Waals surface area contributed by atoms with Gasteiger partial charge in [-0.2, -0.15) is 0 Å². The van der Waals surface area contributed by atoms with E-state index in [2.05, 4.69) is 6.58 Å². The maximum atomic E-state index is 10.9. The lowest BCUT2D eigenvalue weighted by Gasteiger charge is -2.31. The quantitative estimate of drug-likeness (QED) is 0.701. The fraction of sp³-hybridized carbons (Fsp3) is 0.350. The minimum atomic E-state index is -0.842. The number of allylic oxidation sites excluding steroid dienone is 3. The van der Waals surface area contributed by atoms with E-state index in [-0.39, 0.29) is 12.6 Å². The number of carboxylic acid groups (broad SMARTS) is 1. The van der Waals surface area contributed by atoms with E-state index in [0.717, 1.165) is 23.3 Å². The summed E-state index contributed by atoms with van der Waals surface area (Å²) in [6.45, 7) is 6.34. The number of carboxylic acids is 1. The summed E-state index contributed by atoms with van der Waals surface area (Å²) in [6.07, 6.45) is 6.01. The van der Waals surface area contributed by atoms with Gasteiger partial charge < -0.3 is 14.6 Å². The number of halogens is 1. The normalized spacial score (nSPS) is 17.5. The van der Waals surface area contributed by atoms with E-state index in [1.807, 2.05) is 31.2 Å². The third kappa shape index (κ3) is 5.38. The van der Waals surface area contributed by atoms with Gasteiger partial charge in [-0.05, 0) is 38.1 Å². The van der Waals surface area contributed by atoms with Crippen LogP contribution in [-0.2, 0) is 11.2 Å². The molecular formula is C20H24ClNO4. The number of likely N-dealkylation sites (N-methyl/N-ethyl adjacent to an activating group) is 1. The molecule has 0 aromatic heterocycles. The molecule has 26 heavy (non-hydrogen) atoms. The average Bonchev–Trinajstić information content (AvgIpc) is 2.61. The summed E-state index contributed by atoms with van der Waals surface area (Å²) in [4.78, 5) is 12.7. The zero-order valence-corrected chi connectivity index (χ0v) is 15.8. The van der Waals surface area contributed by atoms with Crippen LogP contribution in [0.1, 0.15) is 12.5 Å². The number of carbonyl (C=O) groups is 1. The van der Waals surface area contributed by atoms with Gasteiger partial charge in [0.1, 0.15) is 24.7 Å². The first-order valence-corrected chi connectivity index (χ1v) is 8.76. The molecule has 0 bridgehead atoms. The Morgan fingerprint density at radius 1 is 1.54 bits per heavy atom. The molecule has 1 aliphatic heterocycles. The maximum absolute atomic E-state index is 10.9. The standard InChI is InChI=1S/C20H24ClNO4/c1-4-6-18(21)14(5-2)12-25-17-8-7-15-9-16(13-26-19(15)10-17)22(3)11-20(23)24/h4-8,10,16H,1,9,11-13H2,2-3H3,(H,23,24)/b14-5-,18-6+. The number of hydrogen-bond donors (Lipinski definition) is 1. The minimum absolute atomic E-state index is 0.00430. The highest BCUT2D eigenvalue weighted by molar-refractivity contribution is 6.32. The Morgan fingerprint density at radius 2 is 2.31 bits per heavy atom. The van der Waals surface area contributed by atoms with Crippen LogP contribution in [0, 0.1) is 0 Å². The molecule has 140 valence electrons. The van der Waals surface area contributed by atoms with Crippen LogP contribution in [0.5, 0.6) is 11.5 Å². The third-order valence-electron chi connectivity index (χ3n) is 4.25. The van der Waals surface area contributed by atoms with E-state index in [1.54, 1.807) is 24.1 Å². The van der Waals surface area contributed by atoms with Gasteiger partial charge in [-0.3, -0.25) is 9.69 Å². The minimum Gasteiger partial charge on any atom is -0.492 e. The lowest BCUT2D eigenvalue weighted by atomic mass is 10.0. The Kier molecular flexibility index (Phi) is 7.30. The lowest BCUT2D eigenvalue weighted by molar-refractivity contribution is -0.138. The molecule has 1 unspecified atom stereocenters. The highest BCUT2D eigenvalue weighted by atomic mass is 35.5. The SMILES string of the molecule is C=C/C=C(Cl)\C(=C/C)COc1ccc2c(c1)OCC(N(C)CC(=O)O)C2. The van der Waals surface area contributed by atoms with Crippen molar-refractivity contribution in [3.05, 3.63) is 59.2 Å². The highest BCUT2D eigenvalue weighted by Gasteiger charge is 2.24. The Bertz CT molecular complexity index is 727. The zero-order valence-electron chi connectivity index (χ0n) is 15.1. The molecule has 0 amide bonds. The molecule has 0 spiro atoms. The molecule has 1 heterocycles. The van der Waals surface area contributed by atoms with Crippen LogP contribution in [-0.4, -0.2) is 48.8 Å². The topological polar surface area (TPSA) is 59.0 Å². The van der Waals surface area contributed by atoms with E-state index < -0.39 is 5.97 Å². The maximum Gasteiger partial charge on any atom is 0.317 e. The predicted molar refractivity (Wildman–Crippen MR) is 103 cm³/mol. The third-order valence-corrected chi connectivity index (χ3v) is 4.62. The van der Waals surface area contributed by atoms with Crippen molar-refractivity contribution in [1.29, 1.82) is 0 Å². The van der Waals surface area contributed by atoms with Crippen molar-refractivity contribution in [2.24, 2.45) is 0 Å². The van der Waals surface area contributed by atoms with Crippen molar-refractivity contribution >= 4 is 17.6 Å². The van der Waals surface area contributed by atoms with Crippen LogP contribution in [0.4, 0.5) is 0 Å². The van der Waals surface area contributed by atoms with E-state index >= 15 is 0 Å². The molecule has 2 rings (SSSR count). The van der Waals surface area contributed by atoms with E-state index in [9.17, 15) is 4.79 Å². The number of benzene rings is 1. The Hall–Kier alpha value is -2.24. The van der Waals surface area contributed by atoms with Gasteiger partial charge >= 0.3 is 5.97 Å². The average molecular weight is 378 g/mol. The molecule has 1 aliphatic rings. The largest absolute Gasteiger partial charge is 0.492 e. The van der Waals surface area contributed by atoms with Crippen molar-refractivity contribution in [2.45, 2.75) is 19.4 Å². The summed E-state index contributed by atoms with van der Waals surface area (Å²) in [6, 6.07) is 5.76. The van der Waals surface area contributed by atoms with Gasteiger partial charge in [0.05, 0.1) is 6.54 Å². The molecule has 0 fully saturated rings. The highest BCUT2D eigenvalue weighted by Crippen LogP contribution is 2.31. The number of aliphatic carboxylic acids is 1. The van der Waals surface area contributed by atoms with Crippen molar-refractivity contribution < 1.29 is 19.4 Å². The van der Waals surface area contributed by atoms with Crippen molar-refractivity contribution in [3.63, 3.8) is 0 Å². The zero-order chi connectivity index (χ0) is 19.1. The van der Waals surface area contributed by atoms with E-state index in [4.69, 9.17) is 26.2 Å². The van der Waals surface area contributed by atoms with Crippen LogP contribution in [0.3, 0.4) is 0 Å². The van der Waals surface area contributed by atoms with Crippen LogP contribution in [0.2, 0.25) is 0 Å². The van der Waals surface area contributed by atoms with Crippen LogP contribution in [0.15, 0.2) is 53.6 Å². The lowest BCUT2D eigenvalue weighted by Crippen LogP contribution is -2.43. The molecule has 0 radical (unpaired) electrons. The summed E-state index contributed by atoms with van der Waals surface area (Å²) in [5.41, 5.74) is 1.92. The number of ether oxygens (including phenoxy) is 2. The van der Waals surface area contributed by atoms with Gasteiger partial charge in [0, 0.05) is 22.7 Å². The predicted octanol–water partition coefficient (Wildman–Crippen LogP) is 3.64. The summed E-state index contributed by atoms with van der Waals surface area (Å²) in [7, 11) is 1.80. The number of hydrogen-bond acceptors (Lipinski definition) is 4. The van der Waals surface area contributed by atoms with Gasteiger partial charge in [-0.25, -0.2) is 0 Å². The number of fused-ring (bicyclic) bond motifs is 1. The number of rotatable bonds is 8. The molecule has 0 aliphatic carbocycles. The first-order chi connectivity index (χ1) is 12.4. The van der Waals surface area contributed by atoms with Gasteiger partial charge in [0.2, 0.25) is 0 Å². The summed E-state index contributed by atoms with van der Waals surface area (Å²) in [5.74, 6) is 0.631. The first-order valence-electron chi connectivity index (χ1n) is 8.39. The van der Waals surface area contributed by atoms with Gasteiger partial charge in [0.15, 0.2) is 0 Å². The van der Waals surface area contributed by atoms with Gasteiger partial charge in [-0.15, -0.1) is 0 Å². The van der Waals surface area contributed by atoms with Crippen molar-refractivity contribution in [3.8, 4) is 11.5 Å². The molecule has 1 atom stereocenters. The van der Waals surface area contributed by atoms with Crippen LogP contribution in [0.25, 0.3) is 0 Å². The molecule has 1 aromatic carbocycles. The van der Waals surface area contributed by atoms with E-state index in [0.29, 0.717) is 24.0 Å². The van der Waals surface area contributed by atoms with Crippen molar-refractivity contribution in [2.75, 3.05) is 26.8 Å². The summed E-state index contributed by atoms with van der Waals surface area (Å²) in [5, 5.41) is 9.52. The molecule has 0 saturated carbocycles. The van der Waals surface area contributed by atoms with Crippen molar-refractivity contribution in [1.82, 2.24) is 4.90 Å². The summed E-state index contributed by atoms with van der Waals surface area (Å²) < 4.78 is 11.6. The molecule has 6 heteroatoms. The first kappa shape index (κ1) is 20.1. The van der Waals surface area contributed by atoms with Gasteiger partial charge in [0.25, 0.3) is 0 Å². The molecule has 1 aromatic rings. The molecule has 0 saturated heterocycles. The molecular weight excluding hydrogens is 354 g/mol. The monoisotopic (exact) mass is 377 g/mol. The summed E-state index contributed by atoms with van der Waals surface area (Å²) >= 11 is 6.18. The van der Waals surface area contributed by atoms with Crippen LogP contribution >= 0.6 is 11.6 Å². The second-order valence-corrected chi connectivity index (χ2v) is 6.51. The Morgan fingerprint density at radius 3 is 2.96 bits per heavy atom. The smallest absolute Gasteiger partial charge is 0.317 e. The molecule has 1 N–H and O–H groups in total. The van der Waals surface area contributed by atoms with E-state index in [1.165, 1.54) is 0 Å². The fourth-order valence-electron chi connectivity index (χ4n) is 2.71. The Balaban J connectivity index is 2.01. The number of nitrogens with zero attached hydrogens (tertiary/aromatic N) is 1.